The molecule has 9 nitrogen and oxygen atoms in total. The lowest BCUT2D eigenvalue weighted by Gasteiger charge is -2.23. The second kappa shape index (κ2) is 12.8. The topological polar surface area (TPSA) is 107 Å². The largest absolute Gasteiger partial charge is 0.374 e. The molecule has 0 saturated heterocycles. The van der Waals surface area contributed by atoms with Gasteiger partial charge in [-0.3, -0.25) is 8.75 Å². The van der Waals surface area contributed by atoms with E-state index >= 15 is 0 Å². The van der Waals surface area contributed by atoms with Gasteiger partial charge < -0.3 is 13.8 Å². The van der Waals surface area contributed by atoms with Gasteiger partial charge >= 0.3 is 7.60 Å². The minimum Gasteiger partial charge on any atom is -0.374 e. The standard InChI is InChI=1S/C18H31O9PS/c1-15(2)26-28(19,27-16(3)4)14-23-25-18(13-24-29(5,20)21)12-22-11-17-9-7-6-8-10-17/h6-10,15-16,18H,11-14H2,1-5H3/t18-/m0/s1. The van der Waals surface area contributed by atoms with Gasteiger partial charge in [0.1, 0.15) is 6.10 Å². The van der Waals surface area contributed by atoms with E-state index in [1.54, 1.807) is 27.7 Å². The number of ether oxygens (including phenoxy) is 1. The normalized spacial score (nSPS) is 13.9. The Hall–Kier alpha value is -0.840. The fourth-order valence-corrected chi connectivity index (χ4v) is 4.15. The van der Waals surface area contributed by atoms with Crippen LogP contribution in [0.3, 0.4) is 0 Å². The van der Waals surface area contributed by atoms with Crippen molar-refractivity contribution in [3.05, 3.63) is 35.9 Å². The van der Waals surface area contributed by atoms with E-state index in [0.717, 1.165) is 11.8 Å². The van der Waals surface area contributed by atoms with Crippen molar-refractivity contribution < 1.29 is 40.7 Å². The molecule has 29 heavy (non-hydrogen) atoms. The minimum atomic E-state index is -3.68. The highest BCUT2D eigenvalue weighted by Crippen LogP contribution is 2.50. The van der Waals surface area contributed by atoms with Crippen LogP contribution >= 0.6 is 7.60 Å². The summed E-state index contributed by atoms with van der Waals surface area (Å²) in [6, 6.07) is 9.43. The fourth-order valence-electron chi connectivity index (χ4n) is 2.10. The molecule has 0 aliphatic rings. The third kappa shape index (κ3) is 13.1. The molecule has 0 aromatic heterocycles. The van der Waals surface area contributed by atoms with Crippen LogP contribution in [0.5, 0.6) is 0 Å². The van der Waals surface area contributed by atoms with Gasteiger partial charge in [-0.05, 0) is 33.3 Å². The fraction of sp³-hybridized carbons (Fsp3) is 0.667. The van der Waals surface area contributed by atoms with Gasteiger partial charge in [-0.15, -0.1) is 0 Å². The van der Waals surface area contributed by atoms with Crippen molar-refractivity contribution in [2.45, 2.75) is 52.6 Å². The molecule has 0 saturated carbocycles. The molecular weight excluding hydrogens is 423 g/mol. The zero-order valence-electron chi connectivity index (χ0n) is 17.5. The van der Waals surface area contributed by atoms with Crippen LogP contribution in [0, 0.1) is 0 Å². The van der Waals surface area contributed by atoms with Crippen molar-refractivity contribution in [2.75, 3.05) is 25.8 Å². The number of hydrogen-bond donors (Lipinski definition) is 0. The molecule has 0 unspecified atom stereocenters. The quantitative estimate of drug-likeness (QED) is 0.170. The first-order chi connectivity index (χ1) is 13.5. The molecular formula is C18H31O9PS. The first-order valence-electron chi connectivity index (χ1n) is 9.19. The van der Waals surface area contributed by atoms with Crippen LogP contribution in [0.2, 0.25) is 0 Å². The Morgan fingerprint density at radius 2 is 1.55 bits per heavy atom. The molecule has 0 heterocycles. The molecule has 1 rings (SSSR count). The van der Waals surface area contributed by atoms with E-state index in [9.17, 15) is 13.0 Å². The van der Waals surface area contributed by atoms with Crippen LogP contribution < -0.4 is 0 Å². The maximum Gasteiger partial charge on any atom is 0.359 e. The zero-order valence-corrected chi connectivity index (χ0v) is 19.2. The Morgan fingerprint density at radius 1 is 0.966 bits per heavy atom. The van der Waals surface area contributed by atoms with Gasteiger partial charge in [-0.1, -0.05) is 30.3 Å². The lowest BCUT2D eigenvalue weighted by molar-refractivity contribution is -0.324. The maximum absolute atomic E-state index is 12.7. The molecule has 1 atom stereocenters. The molecule has 0 aliphatic heterocycles. The smallest absolute Gasteiger partial charge is 0.359 e. The lowest BCUT2D eigenvalue weighted by atomic mass is 10.2. The van der Waals surface area contributed by atoms with Crippen molar-refractivity contribution in [2.24, 2.45) is 0 Å². The van der Waals surface area contributed by atoms with Crippen molar-refractivity contribution in [3.63, 3.8) is 0 Å². The molecule has 0 N–H and O–H groups in total. The van der Waals surface area contributed by atoms with Gasteiger partial charge in [0.25, 0.3) is 10.1 Å². The van der Waals surface area contributed by atoms with Gasteiger partial charge in [0.05, 0.1) is 38.3 Å². The highest BCUT2D eigenvalue weighted by atomic mass is 32.2. The second-order valence-corrected chi connectivity index (χ2v) is 10.4. The minimum absolute atomic E-state index is 0.00914. The van der Waals surface area contributed by atoms with Gasteiger partial charge in [0.2, 0.25) is 0 Å². The van der Waals surface area contributed by atoms with E-state index in [1.807, 2.05) is 30.3 Å². The molecule has 0 radical (unpaired) electrons. The monoisotopic (exact) mass is 454 g/mol. The summed E-state index contributed by atoms with van der Waals surface area (Å²) in [6.07, 6.45) is -1.10. The molecule has 1 aromatic rings. The average molecular weight is 454 g/mol. The summed E-state index contributed by atoms with van der Waals surface area (Å²) in [5.74, 6) is 0. The molecule has 0 fully saturated rings. The van der Waals surface area contributed by atoms with Crippen LogP contribution in [-0.2, 0) is 49.0 Å². The van der Waals surface area contributed by atoms with Crippen LogP contribution in [0.1, 0.15) is 33.3 Å². The van der Waals surface area contributed by atoms with E-state index in [-0.39, 0.29) is 25.4 Å². The summed E-state index contributed by atoms with van der Waals surface area (Å²) < 4.78 is 56.3. The van der Waals surface area contributed by atoms with E-state index in [1.165, 1.54) is 0 Å². The van der Waals surface area contributed by atoms with Crippen LogP contribution in [0.15, 0.2) is 30.3 Å². The van der Waals surface area contributed by atoms with Crippen LogP contribution in [0.4, 0.5) is 0 Å². The summed E-state index contributed by atoms with van der Waals surface area (Å²) in [6.45, 7) is 6.84. The SMILES string of the molecule is CC(C)OP(=O)(COO[C@@H](COCc1ccccc1)COS(C)(=O)=O)OC(C)C. The highest BCUT2D eigenvalue weighted by Gasteiger charge is 2.29. The van der Waals surface area contributed by atoms with Gasteiger partial charge in [-0.25, -0.2) is 9.78 Å². The van der Waals surface area contributed by atoms with E-state index in [0.29, 0.717) is 6.61 Å². The Balaban J connectivity index is 2.60. The third-order valence-corrected chi connectivity index (χ3v) is 5.51. The first kappa shape index (κ1) is 26.2. The van der Waals surface area contributed by atoms with Crippen molar-refractivity contribution in [1.29, 1.82) is 0 Å². The lowest BCUT2D eigenvalue weighted by Crippen LogP contribution is -2.27. The van der Waals surface area contributed by atoms with Gasteiger partial charge in [0, 0.05) is 0 Å². The molecule has 0 amide bonds. The predicted octanol–water partition coefficient (Wildman–Crippen LogP) is 3.50. The van der Waals surface area contributed by atoms with Crippen molar-refractivity contribution >= 4 is 17.7 Å². The van der Waals surface area contributed by atoms with E-state index in [4.69, 9.17) is 27.7 Å². The highest BCUT2D eigenvalue weighted by molar-refractivity contribution is 7.85. The summed E-state index contributed by atoms with van der Waals surface area (Å²) in [7, 11) is -7.24. The molecule has 0 bridgehead atoms. The van der Waals surface area contributed by atoms with Gasteiger partial charge in [-0.2, -0.15) is 8.42 Å². The van der Waals surface area contributed by atoms with Crippen LogP contribution in [0.25, 0.3) is 0 Å². The van der Waals surface area contributed by atoms with E-state index in [2.05, 4.69) is 0 Å². The average Bonchev–Trinajstić information content (AvgIpc) is 2.57. The third-order valence-electron chi connectivity index (χ3n) is 3.04. The zero-order chi connectivity index (χ0) is 21.9. The molecule has 1 aromatic carbocycles. The Morgan fingerprint density at radius 3 is 2.07 bits per heavy atom. The second-order valence-electron chi connectivity index (χ2n) is 6.87. The van der Waals surface area contributed by atoms with E-state index < -0.39 is 30.2 Å². The van der Waals surface area contributed by atoms with Crippen molar-refractivity contribution in [1.82, 2.24) is 0 Å². The number of rotatable bonds is 15. The summed E-state index contributed by atoms with van der Waals surface area (Å²) >= 11 is 0. The molecule has 168 valence electrons. The number of benzene rings is 1. The van der Waals surface area contributed by atoms with Crippen LogP contribution in [-0.4, -0.2) is 52.5 Å². The van der Waals surface area contributed by atoms with Gasteiger partial charge in [0.15, 0.2) is 6.35 Å². The maximum atomic E-state index is 12.7. The molecule has 11 heteroatoms. The summed E-state index contributed by atoms with van der Waals surface area (Å²) in [5.41, 5.74) is 0.941. The Kier molecular flexibility index (Phi) is 11.5. The summed E-state index contributed by atoms with van der Waals surface area (Å²) in [5, 5.41) is 0. The molecule has 0 aliphatic carbocycles. The number of hydrogen-bond acceptors (Lipinski definition) is 9. The first-order valence-corrected chi connectivity index (χ1v) is 12.7. The van der Waals surface area contributed by atoms with Crippen molar-refractivity contribution in [3.8, 4) is 0 Å². The Labute approximate surface area is 173 Å². The molecule has 0 spiro atoms. The summed E-state index contributed by atoms with van der Waals surface area (Å²) in [4.78, 5) is 10.3. The Bertz CT molecular complexity index is 708. The predicted molar refractivity (Wildman–Crippen MR) is 108 cm³/mol.